The van der Waals surface area contributed by atoms with Crippen LogP contribution in [-0.4, -0.2) is 53.7 Å². The second-order valence-corrected chi connectivity index (χ2v) is 6.88. The van der Waals surface area contributed by atoms with Crippen LogP contribution in [0.5, 0.6) is 0 Å². The summed E-state index contributed by atoms with van der Waals surface area (Å²) in [7, 11) is 0. The highest BCUT2D eigenvalue weighted by atomic mass is 16.6. The maximum Gasteiger partial charge on any atom is 0.410 e. The van der Waals surface area contributed by atoms with E-state index in [0.29, 0.717) is 6.54 Å². The Hall–Kier alpha value is -1.79. The molecule has 7 heteroatoms. The fraction of sp³-hybridized carbons (Fsp3) is 0.812. The predicted molar refractivity (Wildman–Crippen MR) is 84.8 cm³/mol. The number of hydrogen-bond donors (Lipinski definition) is 1. The number of esters is 1. The van der Waals surface area contributed by atoms with E-state index in [2.05, 4.69) is 5.32 Å². The van der Waals surface area contributed by atoms with Crippen LogP contribution in [0.1, 0.15) is 53.9 Å². The van der Waals surface area contributed by atoms with E-state index in [1.807, 2.05) is 20.8 Å². The number of carbonyl (C=O) groups is 3. The van der Waals surface area contributed by atoms with Crippen LogP contribution < -0.4 is 5.32 Å². The molecular weight excluding hydrogens is 300 g/mol. The first-order valence-corrected chi connectivity index (χ1v) is 8.03. The normalized spacial score (nSPS) is 19.7. The molecule has 132 valence electrons. The average molecular weight is 328 g/mol. The van der Waals surface area contributed by atoms with Gasteiger partial charge in [-0.1, -0.05) is 0 Å². The van der Waals surface area contributed by atoms with Gasteiger partial charge in [0.15, 0.2) is 0 Å². The summed E-state index contributed by atoms with van der Waals surface area (Å²) in [6.45, 7) is 9.07. The van der Waals surface area contributed by atoms with Crippen molar-refractivity contribution in [1.82, 2.24) is 10.2 Å². The lowest BCUT2D eigenvalue weighted by molar-refractivity contribution is -0.149. The van der Waals surface area contributed by atoms with Crippen molar-refractivity contribution in [3.05, 3.63) is 0 Å². The first-order chi connectivity index (χ1) is 10.6. The first kappa shape index (κ1) is 19.3. The molecule has 1 aliphatic heterocycles. The van der Waals surface area contributed by atoms with E-state index >= 15 is 0 Å². The van der Waals surface area contributed by atoms with Crippen molar-refractivity contribution >= 4 is 18.0 Å². The molecule has 0 aromatic carbocycles. The van der Waals surface area contributed by atoms with Gasteiger partial charge in [0.1, 0.15) is 18.2 Å². The number of nitrogens with one attached hydrogen (secondary N) is 1. The minimum absolute atomic E-state index is 0.113. The first-order valence-electron chi connectivity index (χ1n) is 8.03. The Labute approximate surface area is 137 Å². The second-order valence-electron chi connectivity index (χ2n) is 6.88. The van der Waals surface area contributed by atoms with Crippen LogP contribution in [0.25, 0.3) is 0 Å². The number of ether oxygens (including phenoxy) is 2. The Bertz CT molecular complexity index is 444. The van der Waals surface area contributed by atoms with E-state index in [4.69, 9.17) is 9.47 Å². The molecule has 23 heavy (non-hydrogen) atoms. The van der Waals surface area contributed by atoms with Crippen LogP contribution >= 0.6 is 0 Å². The minimum Gasteiger partial charge on any atom is -0.462 e. The number of piperidine rings is 1. The number of hydrogen-bond acceptors (Lipinski definition) is 5. The summed E-state index contributed by atoms with van der Waals surface area (Å²) in [5.74, 6) is -0.794. The number of carbonyl (C=O) groups excluding carboxylic acids is 3. The van der Waals surface area contributed by atoms with E-state index in [-0.39, 0.29) is 24.6 Å². The summed E-state index contributed by atoms with van der Waals surface area (Å²) in [6.07, 6.45) is 2.27. The van der Waals surface area contributed by atoms with Crippen molar-refractivity contribution in [2.45, 2.75) is 71.6 Å². The molecule has 0 saturated carbocycles. The molecule has 0 aromatic heterocycles. The van der Waals surface area contributed by atoms with Gasteiger partial charge in [-0.05, 0) is 47.0 Å². The number of rotatable bonds is 4. The SMILES string of the molecule is CC(=O)N[C@@H](C)C(=O)OC[C@@H]1CCCCN1C(=O)OC(C)(C)C. The Morgan fingerprint density at radius 3 is 2.48 bits per heavy atom. The smallest absolute Gasteiger partial charge is 0.410 e. The van der Waals surface area contributed by atoms with Crippen molar-refractivity contribution in [2.24, 2.45) is 0 Å². The number of likely N-dealkylation sites (tertiary alicyclic amines) is 1. The molecule has 1 heterocycles. The zero-order valence-corrected chi connectivity index (χ0v) is 14.7. The summed E-state index contributed by atoms with van der Waals surface area (Å²) in [5, 5.41) is 2.48. The largest absolute Gasteiger partial charge is 0.462 e. The summed E-state index contributed by atoms with van der Waals surface area (Å²) in [5.41, 5.74) is -0.560. The fourth-order valence-electron chi connectivity index (χ4n) is 2.40. The third-order valence-electron chi connectivity index (χ3n) is 3.45. The van der Waals surface area contributed by atoms with E-state index < -0.39 is 17.6 Å². The second kappa shape index (κ2) is 8.17. The molecule has 2 amide bonds. The predicted octanol–water partition coefficient (Wildman–Crippen LogP) is 1.84. The van der Waals surface area contributed by atoms with Crippen LogP contribution in [-0.2, 0) is 19.1 Å². The monoisotopic (exact) mass is 328 g/mol. The van der Waals surface area contributed by atoms with Crippen molar-refractivity contribution in [2.75, 3.05) is 13.2 Å². The summed E-state index contributed by atoms with van der Waals surface area (Å²) in [4.78, 5) is 36.7. The molecule has 7 nitrogen and oxygen atoms in total. The molecule has 0 spiro atoms. The Balaban J connectivity index is 2.56. The van der Waals surface area contributed by atoms with E-state index in [1.165, 1.54) is 6.92 Å². The minimum atomic E-state index is -0.703. The van der Waals surface area contributed by atoms with Crippen LogP contribution in [0, 0.1) is 0 Å². The summed E-state index contributed by atoms with van der Waals surface area (Å²) >= 11 is 0. The van der Waals surface area contributed by atoms with Crippen molar-refractivity contribution in [3.63, 3.8) is 0 Å². The van der Waals surface area contributed by atoms with E-state index in [1.54, 1.807) is 11.8 Å². The molecule has 0 radical (unpaired) electrons. The van der Waals surface area contributed by atoms with Gasteiger partial charge in [0.2, 0.25) is 5.91 Å². The lowest BCUT2D eigenvalue weighted by Gasteiger charge is -2.36. The van der Waals surface area contributed by atoms with Gasteiger partial charge in [0.25, 0.3) is 0 Å². The van der Waals surface area contributed by atoms with Crippen LogP contribution in [0.3, 0.4) is 0 Å². The molecule has 1 N–H and O–H groups in total. The van der Waals surface area contributed by atoms with Crippen LogP contribution in [0.2, 0.25) is 0 Å². The fourth-order valence-corrected chi connectivity index (χ4v) is 2.40. The van der Waals surface area contributed by atoms with Gasteiger partial charge < -0.3 is 19.7 Å². The third kappa shape index (κ3) is 6.88. The third-order valence-corrected chi connectivity index (χ3v) is 3.45. The van der Waals surface area contributed by atoms with Crippen molar-refractivity contribution < 1.29 is 23.9 Å². The summed E-state index contributed by atoms with van der Waals surface area (Å²) < 4.78 is 10.7. The van der Waals surface area contributed by atoms with Gasteiger partial charge in [-0.3, -0.25) is 4.79 Å². The highest BCUT2D eigenvalue weighted by Gasteiger charge is 2.31. The molecule has 2 atom stereocenters. The van der Waals surface area contributed by atoms with Gasteiger partial charge in [-0.15, -0.1) is 0 Å². The number of nitrogens with zero attached hydrogens (tertiary/aromatic N) is 1. The van der Waals surface area contributed by atoms with Crippen LogP contribution in [0.4, 0.5) is 4.79 Å². The molecule has 0 aliphatic carbocycles. The number of amides is 2. The molecule has 0 aromatic rings. The topological polar surface area (TPSA) is 84.9 Å². The Morgan fingerprint density at radius 2 is 1.91 bits per heavy atom. The van der Waals surface area contributed by atoms with Crippen LogP contribution in [0.15, 0.2) is 0 Å². The lowest BCUT2D eigenvalue weighted by atomic mass is 10.0. The molecule has 1 rings (SSSR count). The summed E-state index contributed by atoms with van der Waals surface area (Å²) in [6, 6.07) is -0.891. The maximum absolute atomic E-state index is 12.3. The van der Waals surface area contributed by atoms with Gasteiger partial charge >= 0.3 is 12.1 Å². The zero-order chi connectivity index (χ0) is 17.6. The van der Waals surface area contributed by atoms with Crippen molar-refractivity contribution in [3.8, 4) is 0 Å². The van der Waals surface area contributed by atoms with Gasteiger partial charge in [-0.25, -0.2) is 9.59 Å². The zero-order valence-electron chi connectivity index (χ0n) is 14.7. The van der Waals surface area contributed by atoms with Gasteiger partial charge in [0, 0.05) is 13.5 Å². The molecule has 1 saturated heterocycles. The standard InChI is InChI=1S/C16H28N2O5/c1-11(17-12(2)19)14(20)22-10-13-8-6-7-9-18(13)15(21)23-16(3,4)5/h11,13H,6-10H2,1-5H3,(H,17,19)/t11-,13-/m0/s1. The van der Waals surface area contributed by atoms with Crippen molar-refractivity contribution in [1.29, 1.82) is 0 Å². The van der Waals surface area contributed by atoms with E-state index in [9.17, 15) is 14.4 Å². The molecule has 0 unspecified atom stereocenters. The maximum atomic E-state index is 12.3. The molecular formula is C16H28N2O5. The molecule has 1 aliphatic rings. The highest BCUT2D eigenvalue weighted by Crippen LogP contribution is 2.20. The van der Waals surface area contributed by atoms with E-state index in [0.717, 1.165) is 19.3 Å². The molecule has 0 bridgehead atoms. The highest BCUT2D eigenvalue weighted by molar-refractivity contribution is 5.82. The Kier molecular flexibility index (Phi) is 6.84. The average Bonchev–Trinajstić information content (AvgIpc) is 2.42. The van der Waals surface area contributed by atoms with Gasteiger partial charge in [-0.2, -0.15) is 0 Å². The van der Waals surface area contributed by atoms with Gasteiger partial charge in [0.05, 0.1) is 6.04 Å². The lowest BCUT2D eigenvalue weighted by Crippen LogP contribution is -2.49. The quantitative estimate of drug-likeness (QED) is 0.796. The Morgan fingerprint density at radius 1 is 1.26 bits per heavy atom. The molecule has 1 fully saturated rings.